The highest BCUT2D eigenvalue weighted by Gasteiger charge is 2.46. The Bertz CT molecular complexity index is 1040. The van der Waals surface area contributed by atoms with Crippen LogP contribution in [0, 0.1) is 0 Å². The van der Waals surface area contributed by atoms with Gasteiger partial charge >= 0.3 is 0 Å². The molecule has 8 nitrogen and oxygen atoms in total. The maximum atomic E-state index is 13.1. The minimum absolute atomic E-state index is 0.0196. The first-order chi connectivity index (χ1) is 15.5. The van der Waals surface area contributed by atoms with Gasteiger partial charge in [0.25, 0.3) is 11.7 Å². The largest absolute Gasteiger partial charge is 0.507 e. The fourth-order valence-electron chi connectivity index (χ4n) is 4.04. The number of ketones is 1. The maximum Gasteiger partial charge on any atom is 0.295 e. The van der Waals surface area contributed by atoms with Crippen molar-refractivity contribution in [1.29, 1.82) is 0 Å². The molecular weight excluding hydrogens is 434 g/mol. The standard InChI is InChI=1S/C23H24ClN3O5/c1-31-18-5-4-15(13-17(18)24)21(28)19-20(16-3-2-6-25-14-16)27(23(30)22(19)29)8-7-26-9-11-32-12-10-26/h2-6,13-14,20,28H,7-12H2,1H3/b21-19+/t20-/m0/s1. The van der Waals surface area contributed by atoms with E-state index in [9.17, 15) is 14.7 Å². The molecule has 1 aromatic carbocycles. The molecule has 168 valence electrons. The van der Waals surface area contributed by atoms with Crippen LogP contribution in [-0.2, 0) is 14.3 Å². The number of methoxy groups -OCH3 is 1. The van der Waals surface area contributed by atoms with Gasteiger partial charge in [0.1, 0.15) is 11.5 Å². The number of likely N-dealkylation sites (tertiary alicyclic amines) is 1. The zero-order valence-corrected chi connectivity index (χ0v) is 18.4. The van der Waals surface area contributed by atoms with Crippen molar-refractivity contribution in [3.05, 3.63) is 64.4 Å². The number of carbonyl (C=O) groups is 2. The molecule has 2 saturated heterocycles. The van der Waals surface area contributed by atoms with Gasteiger partial charge in [-0.05, 0) is 29.8 Å². The van der Waals surface area contributed by atoms with Crippen LogP contribution in [0.3, 0.4) is 0 Å². The Hall–Kier alpha value is -2.94. The first kappa shape index (κ1) is 22.3. The van der Waals surface area contributed by atoms with Gasteiger partial charge < -0.3 is 19.5 Å². The van der Waals surface area contributed by atoms with Crippen LogP contribution in [0.5, 0.6) is 5.75 Å². The van der Waals surface area contributed by atoms with Gasteiger partial charge in [0.2, 0.25) is 0 Å². The molecule has 0 unspecified atom stereocenters. The molecule has 0 bridgehead atoms. The third-order valence-corrected chi connectivity index (χ3v) is 6.02. The molecule has 1 amide bonds. The number of rotatable bonds is 6. The summed E-state index contributed by atoms with van der Waals surface area (Å²) in [5.41, 5.74) is 0.997. The van der Waals surface area contributed by atoms with E-state index in [2.05, 4.69) is 9.88 Å². The Morgan fingerprint density at radius 1 is 1.25 bits per heavy atom. The average Bonchev–Trinajstić information content (AvgIpc) is 3.08. The molecule has 0 spiro atoms. The number of aliphatic hydroxyl groups excluding tert-OH is 1. The van der Waals surface area contributed by atoms with Crippen LogP contribution in [0.4, 0.5) is 0 Å². The molecule has 2 aliphatic rings. The number of Topliss-reactive ketones (excluding diaryl/α,β-unsaturated/α-hetero) is 1. The van der Waals surface area contributed by atoms with Crippen LogP contribution in [0.25, 0.3) is 5.76 Å². The summed E-state index contributed by atoms with van der Waals surface area (Å²) in [6, 6.07) is 7.50. The van der Waals surface area contributed by atoms with Crippen molar-refractivity contribution in [2.45, 2.75) is 6.04 Å². The summed E-state index contributed by atoms with van der Waals surface area (Å²) in [6.45, 7) is 3.76. The number of hydrogen-bond acceptors (Lipinski definition) is 7. The van der Waals surface area contributed by atoms with Crippen LogP contribution in [0.1, 0.15) is 17.2 Å². The van der Waals surface area contributed by atoms with Gasteiger partial charge in [-0.1, -0.05) is 17.7 Å². The summed E-state index contributed by atoms with van der Waals surface area (Å²) in [5, 5.41) is 11.4. The number of aromatic nitrogens is 1. The highest BCUT2D eigenvalue weighted by atomic mass is 35.5. The van der Waals surface area contributed by atoms with E-state index in [0.717, 1.165) is 13.1 Å². The van der Waals surface area contributed by atoms with Crippen molar-refractivity contribution in [3.8, 4) is 5.75 Å². The van der Waals surface area contributed by atoms with Crippen molar-refractivity contribution in [2.75, 3.05) is 46.5 Å². The topological polar surface area (TPSA) is 92.2 Å². The normalized spacial score (nSPS) is 21.2. The van der Waals surface area contributed by atoms with E-state index in [1.54, 1.807) is 36.7 Å². The first-order valence-corrected chi connectivity index (χ1v) is 10.7. The smallest absolute Gasteiger partial charge is 0.295 e. The molecule has 0 aliphatic carbocycles. The first-order valence-electron chi connectivity index (χ1n) is 10.3. The Kier molecular flexibility index (Phi) is 6.74. The number of pyridine rings is 1. The van der Waals surface area contributed by atoms with Gasteiger partial charge in [-0.15, -0.1) is 0 Å². The Labute approximate surface area is 191 Å². The van der Waals surface area contributed by atoms with Crippen LogP contribution in [0.2, 0.25) is 5.02 Å². The number of carbonyl (C=O) groups excluding carboxylic acids is 2. The maximum absolute atomic E-state index is 13.1. The predicted octanol–water partition coefficient (Wildman–Crippen LogP) is 2.50. The van der Waals surface area contributed by atoms with Crippen molar-refractivity contribution in [2.24, 2.45) is 0 Å². The molecule has 9 heteroatoms. The molecule has 0 saturated carbocycles. The summed E-state index contributed by atoms with van der Waals surface area (Å²) < 4.78 is 10.5. The molecule has 2 aliphatic heterocycles. The molecular formula is C23H24ClN3O5. The lowest BCUT2D eigenvalue weighted by atomic mass is 9.96. The second kappa shape index (κ2) is 9.68. The van der Waals surface area contributed by atoms with Crippen LogP contribution >= 0.6 is 11.6 Å². The SMILES string of the molecule is COc1ccc(/C(O)=C2\C(=O)C(=O)N(CCN3CCOCC3)[C@H]2c2cccnc2)cc1Cl. The minimum atomic E-state index is -0.745. The number of halogens is 1. The number of nitrogens with zero attached hydrogens (tertiary/aromatic N) is 3. The third-order valence-electron chi connectivity index (χ3n) is 5.73. The van der Waals surface area contributed by atoms with Crippen LogP contribution in [0.15, 0.2) is 48.3 Å². The summed E-state index contributed by atoms with van der Waals surface area (Å²) in [6.07, 6.45) is 3.22. The molecule has 0 radical (unpaired) electrons. The Morgan fingerprint density at radius 3 is 2.69 bits per heavy atom. The summed E-state index contributed by atoms with van der Waals surface area (Å²) in [7, 11) is 1.49. The highest BCUT2D eigenvalue weighted by molar-refractivity contribution is 6.46. The number of hydrogen-bond donors (Lipinski definition) is 1. The summed E-state index contributed by atoms with van der Waals surface area (Å²) >= 11 is 6.22. The van der Waals surface area contributed by atoms with E-state index in [1.807, 2.05) is 0 Å². The lowest BCUT2D eigenvalue weighted by molar-refractivity contribution is -0.140. The van der Waals surface area contributed by atoms with E-state index in [-0.39, 0.29) is 16.4 Å². The average molecular weight is 458 g/mol. The number of benzene rings is 1. The molecule has 1 atom stereocenters. The third kappa shape index (κ3) is 4.34. The molecule has 32 heavy (non-hydrogen) atoms. The number of ether oxygens (including phenoxy) is 2. The molecule has 3 heterocycles. The highest BCUT2D eigenvalue weighted by Crippen LogP contribution is 2.39. The minimum Gasteiger partial charge on any atom is -0.507 e. The molecule has 2 fully saturated rings. The van der Waals surface area contributed by atoms with Gasteiger partial charge in [0, 0.05) is 44.1 Å². The van der Waals surface area contributed by atoms with Crippen LogP contribution < -0.4 is 4.74 Å². The number of morpholine rings is 1. The zero-order chi connectivity index (χ0) is 22.7. The Balaban J connectivity index is 1.72. The van der Waals surface area contributed by atoms with Gasteiger partial charge in [-0.3, -0.25) is 19.5 Å². The van der Waals surface area contributed by atoms with Crippen molar-refractivity contribution in [3.63, 3.8) is 0 Å². The van der Waals surface area contributed by atoms with E-state index in [1.165, 1.54) is 18.1 Å². The van der Waals surface area contributed by atoms with Gasteiger partial charge in [0.15, 0.2) is 0 Å². The fourth-order valence-corrected chi connectivity index (χ4v) is 4.30. The number of amides is 1. The second-order valence-corrected chi connectivity index (χ2v) is 7.99. The molecule has 4 rings (SSSR count). The van der Waals surface area contributed by atoms with E-state index >= 15 is 0 Å². The van der Waals surface area contributed by atoms with Crippen molar-refractivity contribution in [1.82, 2.24) is 14.8 Å². The monoisotopic (exact) mass is 457 g/mol. The lowest BCUT2D eigenvalue weighted by Gasteiger charge is -2.30. The van der Waals surface area contributed by atoms with E-state index in [0.29, 0.717) is 43.2 Å². The lowest BCUT2D eigenvalue weighted by Crippen LogP contribution is -2.42. The van der Waals surface area contributed by atoms with E-state index in [4.69, 9.17) is 21.1 Å². The second-order valence-electron chi connectivity index (χ2n) is 7.58. The Morgan fingerprint density at radius 2 is 2.03 bits per heavy atom. The van der Waals surface area contributed by atoms with E-state index < -0.39 is 17.7 Å². The quantitative estimate of drug-likeness (QED) is 0.404. The van der Waals surface area contributed by atoms with Gasteiger partial charge in [-0.25, -0.2) is 0 Å². The molecule has 1 aromatic heterocycles. The summed E-state index contributed by atoms with van der Waals surface area (Å²) in [4.78, 5) is 33.9. The van der Waals surface area contributed by atoms with Gasteiger partial charge in [0.05, 0.1) is 37.0 Å². The fraction of sp³-hybridized carbons (Fsp3) is 0.348. The summed E-state index contributed by atoms with van der Waals surface area (Å²) in [5.74, 6) is -1.22. The number of aliphatic hydroxyl groups is 1. The predicted molar refractivity (Wildman–Crippen MR) is 119 cm³/mol. The van der Waals surface area contributed by atoms with Gasteiger partial charge in [-0.2, -0.15) is 0 Å². The molecule has 1 N–H and O–H groups in total. The molecule has 2 aromatic rings. The van der Waals surface area contributed by atoms with Crippen molar-refractivity contribution < 1.29 is 24.2 Å². The zero-order valence-electron chi connectivity index (χ0n) is 17.7. The van der Waals surface area contributed by atoms with Crippen molar-refractivity contribution >= 4 is 29.1 Å². The van der Waals surface area contributed by atoms with Crippen LogP contribution in [-0.4, -0.2) is 78.1 Å².